The molecule has 1 aromatic rings. The van der Waals surface area contributed by atoms with E-state index in [0.717, 1.165) is 22.5 Å². The standard InChI is InChI=1S/C12H16BrFN2/c13-11-4-3-9(14)5-10(11)12(6-15)16-7-8-1-2-8/h3-5,8,12,16H,1-2,6-7,15H2. The fourth-order valence-electron chi connectivity index (χ4n) is 1.73. The van der Waals surface area contributed by atoms with Crippen molar-refractivity contribution in [2.24, 2.45) is 11.7 Å². The van der Waals surface area contributed by atoms with Gasteiger partial charge >= 0.3 is 0 Å². The quantitative estimate of drug-likeness (QED) is 0.873. The molecule has 0 amide bonds. The number of nitrogens with one attached hydrogen (secondary N) is 1. The molecule has 1 aliphatic carbocycles. The van der Waals surface area contributed by atoms with Crippen LogP contribution in [0.15, 0.2) is 22.7 Å². The zero-order valence-electron chi connectivity index (χ0n) is 9.05. The smallest absolute Gasteiger partial charge is 0.123 e. The van der Waals surface area contributed by atoms with E-state index in [2.05, 4.69) is 21.2 Å². The minimum absolute atomic E-state index is 0.0330. The van der Waals surface area contributed by atoms with Crippen LogP contribution in [0.2, 0.25) is 0 Å². The van der Waals surface area contributed by atoms with Crippen LogP contribution in [-0.2, 0) is 0 Å². The molecule has 1 aromatic carbocycles. The molecule has 1 aliphatic rings. The van der Waals surface area contributed by atoms with E-state index in [1.165, 1.54) is 18.9 Å². The molecule has 1 unspecified atom stereocenters. The highest BCUT2D eigenvalue weighted by atomic mass is 79.9. The molecule has 3 N–H and O–H groups in total. The number of hydrogen-bond acceptors (Lipinski definition) is 2. The number of nitrogens with two attached hydrogens (primary N) is 1. The summed E-state index contributed by atoms with van der Waals surface area (Å²) in [5.74, 6) is 0.575. The second-order valence-electron chi connectivity index (χ2n) is 4.31. The van der Waals surface area contributed by atoms with Gasteiger partial charge in [-0.3, -0.25) is 0 Å². The van der Waals surface area contributed by atoms with Crippen molar-refractivity contribution in [1.29, 1.82) is 0 Å². The Morgan fingerprint density at radius 3 is 2.88 bits per heavy atom. The van der Waals surface area contributed by atoms with E-state index in [1.54, 1.807) is 12.1 Å². The van der Waals surface area contributed by atoms with Gasteiger partial charge in [-0.05, 0) is 49.1 Å². The molecule has 0 heterocycles. The van der Waals surface area contributed by atoms with Crippen molar-refractivity contribution in [3.63, 3.8) is 0 Å². The van der Waals surface area contributed by atoms with Crippen LogP contribution in [0.4, 0.5) is 4.39 Å². The summed E-state index contributed by atoms with van der Waals surface area (Å²) in [4.78, 5) is 0. The Balaban J connectivity index is 2.07. The van der Waals surface area contributed by atoms with Gasteiger partial charge in [0.2, 0.25) is 0 Å². The van der Waals surface area contributed by atoms with E-state index in [0.29, 0.717) is 6.54 Å². The second-order valence-corrected chi connectivity index (χ2v) is 5.16. The molecule has 1 saturated carbocycles. The lowest BCUT2D eigenvalue weighted by Gasteiger charge is -2.18. The molecular formula is C12H16BrFN2. The maximum absolute atomic E-state index is 13.2. The van der Waals surface area contributed by atoms with E-state index in [1.807, 2.05) is 0 Å². The topological polar surface area (TPSA) is 38.0 Å². The van der Waals surface area contributed by atoms with E-state index in [4.69, 9.17) is 5.73 Å². The molecule has 16 heavy (non-hydrogen) atoms. The van der Waals surface area contributed by atoms with Crippen molar-refractivity contribution in [1.82, 2.24) is 5.32 Å². The molecule has 4 heteroatoms. The van der Waals surface area contributed by atoms with Crippen molar-refractivity contribution in [3.05, 3.63) is 34.1 Å². The first kappa shape index (κ1) is 12.0. The monoisotopic (exact) mass is 286 g/mol. The average molecular weight is 287 g/mol. The lowest BCUT2D eigenvalue weighted by atomic mass is 10.1. The first-order valence-electron chi connectivity index (χ1n) is 5.59. The van der Waals surface area contributed by atoms with Crippen molar-refractivity contribution < 1.29 is 4.39 Å². The molecule has 0 aromatic heterocycles. The highest BCUT2D eigenvalue weighted by Crippen LogP contribution is 2.29. The Kier molecular flexibility index (Phi) is 3.95. The van der Waals surface area contributed by atoms with Gasteiger partial charge in [0.1, 0.15) is 5.82 Å². The maximum Gasteiger partial charge on any atom is 0.123 e. The molecule has 0 spiro atoms. The zero-order chi connectivity index (χ0) is 11.5. The zero-order valence-corrected chi connectivity index (χ0v) is 10.6. The lowest BCUT2D eigenvalue weighted by Crippen LogP contribution is -2.30. The van der Waals surface area contributed by atoms with E-state index in [-0.39, 0.29) is 11.9 Å². The van der Waals surface area contributed by atoms with Crippen molar-refractivity contribution in [2.45, 2.75) is 18.9 Å². The molecule has 0 aliphatic heterocycles. The van der Waals surface area contributed by atoms with Gasteiger partial charge in [0.25, 0.3) is 0 Å². The Labute approximate surface area is 104 Å². The molecule has 0 bridgehead atoms. The summed E-state index contributed by atoms with van der Waals surface area (Å²) in [6.07, 6.45) is 2.60. The Bertz CT molecular complexity index is 366. The van der Waals surface area contributed by atoms with Gasteiger partial charge in [-0.1, -0.05) is 15.9 Å². The SMILES string of the molecule is NCC(NCC1CC1)c1cc(F)ccc1Br. The van der Waals surface area contributed by atoms with Crippen LogP contribution in [0.25, 0.3) is 0 Å². The highest BCUT2D eigenvalue weighted by molar-refractivity contribution is 9.10. The Morgan fingerprint density at radius 1 is 1.50 bits per heavy atom. The summed E-state index contributed by atoms with van der Waals surface area (Å²) in [6, 6.07) is 4.75. The van der Waals surface area contributed by atoms with Gasteiger partial charge in [0.15, 0.2) is 0 Å². The summed E-state index contributed by atoms with van der Waals surface area (Å²) in [5.41, 5.74) is 6.63. The maximum atomic E-state index is 13.2. The summed E-state index contributed by atoms with van der Waals surface area (Å²) >= 11 is 3.43. The fourth-order valence-corrected chi connectivity index (χ4v) is 2.26. The third-order valence-electron chi connectivity index (χ3n) is 2.92. The number of hydrogen-bond donors (Lipinski definition) is 2. The van der Waals surface area contributed by atoms with Gasteiger partial charge in [0.05, 0.1) is 0 Å². The van der Waals surface area contributed by atoms with Crippen LogP contribution < -0.4 is 11.1 Å². The van der Waals surface area contributed by atoms with Crippen LogP contribution in [0.5, 0.6) is 0 Å². The summed E-state index contributed by atoms with van der Waals surface area (Å²) in [5, 5.41) is 3.39. The molecule has 0 saturated heterocycles. The predicted molar refractivity (Wildman–Crippen MR) is 66.6 cm³/mol. The summed E-state index contributed by atoms with van der Waals surface area (Å²) in [7, 11) is 0. The van der Waals surface area contributed by atoms with Crippen LogP contribution in [0.3, 0.4) is 0 Å². The van der Waals surface area contributed by atoms with Crippen molar-refractivity contribution in [2.75, 3.05) is 13.1 Å². The third-order valence-corrected chi connectivity index (χ3v) is 3.64. The number of halogens is 2. The minimum atomic E-state index is -0.218. The minimum Gasteiger partial charge on any atom is -0.329 e. The molecule has 88 valence electrons. The summed E-state index contributed by atoms with van der Waals surface area (Å²) in [6.45, 7) is 1.46. The van der Waals surface area contributed by atoms with E-state index in [9.17, 15) is 4.39 Å². The number of benzene rings is 1. The second kappa shape index (κ2) is 5.25. The van der Waals surface area contributed by atoms with E-state index < -0.39 is 0 Å². The predicted octanol–water partition coefficient (Wildman–Crippen LogP) is 2.59. The largest absolute Gasteiger partial charge is 0.329 e. The van der Waals surface area contributed by atoms with Crippen LogP contribution >= 0.6 is 15.9 Å². The first-order chi connectivity index (χ1) is 7.70. The molecule has 1 fully saturated rings. The Morgan fingerprint density at radius 2 is 2.25 bits per heavy atom. The average Bonchev–Trinajstić information content (AvgIpc) is 3.07. The normalized spacial score (nSPS) is 17.4. The van der Waals surface area contributed by atoms with Crippen LogP contribution in [0.1, 0.15) is 24.4 Å². The van der Waals surface area contributed by atoms with Gasteiger partial charge in [-0.2, -0.15) is 0 Å². The lowest BCUT2D eigenvalue weighted by molar-refractivity contribution is 0.516. The van der Waals surface area contributed by atoms with Gasteiger partial charge in [-0.25, -0.2) is 4.39 Å². The van der Waals surface area contributed by atoms with Crippen molar-refractivity contribution in [3.8, 4) is 0 Å². The first-order valence-corrected chi connectivity index (χ1v) is 6.38. The number of rotatable bonds is 5. The van der Waals surface area contributed by atoms with Gasteiger partial charge < -0.3 is 11.1 Å². The van der Waals surface area contributed by atoms with Crippen molar-refractivity contribution >= 4 is 15.9 Å². The molecule has 2 rings (SSSR count). The highest BCUT2D eigenvalue weighted by Gasteiger charge is 2.23. The third kappa shape index (κ3) is 3.03. The molecule has 2 nitrogen and oxygen atoms in total. The molecule has 1 atom stereocenters. The van der Waals surface area contributed by atoms with Crippen LogP contribution in [0, 0.1) is 11.7 Å². The van der Waals surface area contributed by atoms with E-state index >= 15 is 0 Å². The van der Waals surface area contributed by atoms with Gasteiger partial charge in [0, 0.05) is 17.1 Å². The molecular weight excluding hydrogens is 271 g/mol. The fraction of sp³-hybridized carbons (Fsp3) is 0.500. The summed E-state index contributed by atoms with van der Waals surface area (Å²) < 4.78 is 14.1. The Hall–Kier alpha value is -0.450. The molecule has 0 radical (unpaired) electrons. The van der Waals surface area contributed by atoms with Crippen LogP contribution in [-0.4, -0.2) is 13.1 Å². The van der Waals surface area contributed by atoms with Gasteiger partial charge in [-0.15, -0.1) is 0 Å².